The van der Waals surface area contributed by atoms with Gasteiger partial charge in [-0.15, -0.1) is 0 Å². The number of alkyl halides is 3. The molecular weight excluding hydrogens is 368 g/mol. The van der Waals surface area contributed by atoms with Crippen LogP contribution in [-0.2, 0) is 16.6 Å². The molecular formula is C10H11BrF4N2O2S. The fourth-order valence-corrected chi connectivity index (χ4v) is 3.40. The standard InChI is InChI=1S/C10H11BrF4N2O2S/c1-17(5-10(13,14)15)20(18,19)8-3-7(11)2-6(4-16)9(8)12/h2-3H,4-5,16H2,1H3. The Balaban J connectivity index is 3.32. The maximum Gasteiger partial charge on any atom is 0.402 e. The van der Waals surface area contributed by atoms with Crippen molar-refractivity contribution in [1.82, 2.24) is 4.31 Å². The van der Waals surface area contributed by atoms with Gasteiger partial charge in [0.15, 0.2) is 0 Å². The minimum atomic E-state index is -4.72. The molecule has 0 bridgehead atoms. The van der Waals surface area contributed by atoms with Crippen LogP contribution in [0.2, 0.25) is 0 Å². The van der Waals surface area contributed by atoms with Gasteiger partial charge in [0.05, 0.1) is 0 Å². The summed E-state index contributed by atoms with van der Waals surface area (Å²) in [5.74, 6) is -1.15. The Bertz CT molecular complexity index is 604. The van der Waals surface area contributed by atoms with Crippen LogP contribution in [0.3, 0.4) is 0 Å². The molecule has 0 saturated carbocycles. The smallest absolute Gasteiger partial charge is 0.326 e. The number of halogens is 5. The van der Waals surface area contributed by atoms with E-state index in [1.165, 1.54) is 6.07 Å². The maximum absolute atomic E-state index is 14.0. The minimum Gasteiger partial charge on any atom is -0.326 e. The molecule has 0 spiro atoms. The lowest BCUT2D eigenvalue weighted by molar-refractivity contribution is -0.134. The average molecular weight is 379 g/mol. The van der Waals surface area contributed by atoms with Crippen LogP contribution in [0.4, 0.5) is 17.6 Å². The van der Waals surface area contributed by atoms with Crippen LogP contribution < -0.4 is 5.73 Å². The zero-order valence-electron chi connectivity index (χ0n) is 10.2. The molecule has 0 aliphatic rings. The number of benzene rings is 1. The Morgan fingerprint density at radius 2 is 1.90 bits per heavy atom. The van der Waals surface area contributed by atoms with E-state index in [-0.39, 0.29) is 20.9 Å². The normalized spacial score (nSPS) is 13.0. The van der Waals surface area contributed by atoms with Crippen LogP contribution in [0.15, 0.2) is 21.5 Å². The van der Waals surface area contributed by atoms with E-state index in [0.717, 1.165) is 13.1 Å². The summed E-state index contributed by atoms with van der Waals surface area (Å²) >= 11 is 2.96. The molecule has 1 aromatic rings. The lowest BCUT2D eigenvalue weighted by Gasteiger charge is -2.20. The van der Waals surface area contributed by atoms with Gasteiger partial charge in [0, 0.05) is 23.6 Å². The van der Waals surface area contributed by atoms with E-state index >= 15 is 0 Å². The predicted octanol–water partition coefficient (Wildman–Crippen LogP) is 2.23. The van der Waals surface area contributed by atoms with E-state index < -0.39 is 33.5 Å². The largest absolute Gasteiger partial charge is 0.402 e. The Hall–Kier alpha value is -0.710. The number of nitrogens with zero attached hydrogens (tertiary/aromatic N) is 1. The molecule has 2 N–H and O–H groups in total. The van der Waals surface area contributed by atoms with E-state index in [0.29, 0.717) is 0 Å². The van der Waals surface area contributed by atoms with E-state index in [1.54, 1.807) is 0 Å². The first-order valence-electron chi connectivity index (χ1n) is 5.20. The third kappa shape index (κ3) is 3.90. The fourth-order valence-electron chi connectivity index (χ4n) is 1.46. The summed E-state index contributed by atoms with van der Waals surface area (Å²) in [6, 6.07) is 2.16. The number of hydrogen-bond donors (Lipinski definition) is 1. The molecule has 0 aromatic heterocycles. The lowest BCUT2D eigenvalue weighted by atomic mass is 10.2. The van der Waals surface area contributed by atoms with Crippen molar-refractivity contribution in [3.63, 3.8) is 0 Å². The first-order valence-corrected chi connectivity index (χ1v) is 7.43. The number of hydrogen-bond acceptors (Lipinski definition) is 3. The first kappa shape index (κ1) is 17.3. The highest BCUT2D eigenvalue weighted by atomic mass is 79.9. The SMILES string of the molecule is CN(CC(F)(F)F)S(=O)(=O)c1cc(Br)cc(CN)c1F. The van der Waals surface area contributed by atoms with Gasteiger partial charge < -0.3 is 5.73 Å². The average Bonchev–Trinajstić information content (AvgIpc) is 2.29. The number of nitrogens with two attached hydrogens (primary N) is 1. The van der Waals surface area contributed by atoms with Crippen LogP contribution in [0.25, 0.3) is 0 Å². The summed E-state index contributed by atoms with van der Waals surface area (Å²) < 4.78 is 74.9. The van der Waals surface area contributed by atoms with Crippen molar-refractivity contribution >= 4 is 26.0 Å². The van der Waals surface area contributed by atoms with E-state index in [9.17, 15) is 26.0 Å². The minimum absolute atomic E-state index is 0.0398. The van der Waals surface area contributed by atoms with Crippen molar-refractivity contribution in [3.05, 3.63) is 28.0 Å². The fraction of sp³-hybridized carbons (Fsp3) is 0.400. The van der Waals surface area contributed by atoms with Crippen molar-refractivity contribution < 1.29 is 26.0 Å². The van der Waals surface area contributed by atoms with Gasteiger partial charge in [-0.2, -0.15) is 17.5 Å². The summed E-state index contributed by atoms with van der Waals surface area (Å²) in [5.41, 5.74) is 5.15. The second kappa shape index (κ2) is 5.96. The van der Waals surface area contributed by atoms with Crippen molar-refractivity contribution in [2.45, 2.75) is 17.6 Å². The Morgan fingerprint density at radius 3 is 2.35 bits per heavy atom. The van der Waals surface area contributed by atoms with Crippen LogP contribution in [-0.4, -0.2) is 32.5 Å². The molecule has 20 heavy (non-hydrogen) atoms. The molecule has 0 unspecified atom stereocenters. The van der Waals surface area contributed by atoms with Gasteiger partial charge >= 0.3 is 6.18 Å². The van der Waals surface area contributed by atoms with Crippen molar-refractivity contribution in [1.29, 1.82) is 0 Å². The summed E-state index contributed by atoms with van der Waals surface area (Å²) in [6.45, 7) is -1.99. The molecule has 0 fully saturated rings. The van der Waals surface area contributed by atoms with Crippen LogP contribution in [0.1, 0.15) is 5.56 Å². The molecule has 10 heteroatoms. The lowest BCUT2D eigenvalue weighted by Crippen LogP contribution is -2.36. The topological polar surface area (TPSA) is 63.4 Å². The molecule has 0 atom stereocenters. The molecule has 4 nitrogen and oxygen atoms in total. The van der Waals surface area contributed by atoms with Gasteiger partial charge in [-0.3, -0.25) is 0 Å². The highest BCUT2D eigenvalue weighted by molar-refractivity contribution is 9.10. The van der Waals surface area contributed by atoms with E-state index in [2.05, 4.69) is 15.9 Å². The number of sulfonamides is 1. The predicted molar refractivity (Wildman–Crippen MR) is 67.9 cm³/mol. The Labute approximate surface area is 121 Å². The summed E-state index contributed by atoms with van der Waals surface area (Å²) in [4.78, 5) is -0.848. The third-order valence-electron chi connectivity index (χ3n) is 2.39. The van der Waals surface area contributed by atoms with Crippen molar-refractivity contribution in [3.8, 4) is 0 Å². The highest BCUT2D eigenvalue weighted by Crippen LogP contribution is 2.27. The number of rotatable bonds is 4. The van der Waals surface area contributed by atoms with Crippen molar-refractivity contribution in [2.24, 2.45) is 5.73 Å². The highest BCUT2D eigenvalue weighted by Gasteiger charge is 2.36. The zero-order chi connectivity index (χ0) is 15.7. The molecule has 0 radical (unpaired) electrons. The second-order valence-electron chi connectivity index (χ2n) is 3.96. The Kier molecular flexibility index (Phi) is 5.17. The van der Waals surface area contributed by atoms with Gasteiger partial charge in [-0.25, -0.2) is 12.8 Å². The molecule has 0 amide bonds. The van der Waals surface area contributed by atoms with Gasteiger partial charge in [-0.05, 0) is 12.1 Å². The molecule has 0 heterocycles. The van der Waals surface area contributed by atoms with Gasteiger partial charge in [0.25, 0.3) is 0 Å². The van der Waals surface area contributed by atoms with Crippen molar-refractivity contribution in [2.75, 3.05) is 13.6 Å². The van der Waals surface area contributed by atoms with Crippen LogP contribution in [0, 0.1) is 5.82 Å². The second-order valence-corrected chi connectivity index (χ2v) is 6.89. The van der Waals surface area contributed by atoms with Gasteiger partial charge in [-0.1, -0.05) is 15.9 Å². The monoisotopic (exact) mass is 378 g/mol. The molecule has 0 saturated heterocycles. The van der Waals surface area contributed by atoms with E-state index in [1.807, 2.05) is 0 Å². The molecule has 1 aromatic carbocycles. The molecule has 0 aliphatic heterocycles. The third-order valence-corrected chi connectivity index (χ3v) is 4.65. The van der Waals surface area contributed by atoms with Crippen LogP contribution >= 0.6 is 15.9 Å². The Morgan fingerprint density at radius 1 is 1.35 bits per heavy atom. The summed E-state index contributed by atoms with van der Waals surface area (Å²) in [6.07, 6.45) is -4.72. The van der Waals surface area contributed by atoms with Gasteiger partial charge in [0.2, 0.25) is 10.0 Å². The maximum atomic E-state index is 14.0. The first-order chi connectivity index (χ1) is 8.99. The van der Waals surface area contributed by atoms with Gasteiger partial charge in [0.1, 0.15) is 17.3 Å². The van der Waals surface area contributed by atoms with E-state index in [4.69, 9.17) is 5.73 Å². The van der Waals surface area contributed by atoms with Crippen LogP contribution in [0.5, 0.6) is 0 Å². The summed E-state index contributed by atoms with van der Waals surface area (Å²) in [5, 5.41) is 0. The molecule has 1 rings (SSSR count). The molecule has 114 valence electrons. The molecule has 0 aliphatic carbocycles. The summed E-state index contributed by atoms with van der Waals surface area (Å²) in [7, 11) is -3.88. The zero-order valence-corrected chi connectivity index (χ0v) is 12.6. The quantitative estimate of drug-likeness (QED) is 0.817.